The van der Waals surface area contributed by atoms with Crippen LogP contribution in [0.3, 0.4) is 0 Å². The van der Waals surface area contributed by atoms with Gasteiger partial charge in [-0.25, -0.2) is 4.99 Å². The van der Waals surface area contributed by atoms with Crippen molar-refractivity contribution in [2.24, 2.45) is 10.7 Å². The minimum Gasteiger partial charge on any atom is -1.00 e. The third-order valence-corrected chi connectivity index (χ3v) is 4.40. The lowest BCUT2D eigenvalue weighted by molar-refractivity contribution is -0.00000497. The summed E-state index contributed by atoms with van der Waals surface area (Å²) in [6, 6.07) is 13.7. The van der Waals surface area contributed by atoms with Crippen molar-refractivity contribution in [3.05, 3.63) is 52.5 Å². The van der Waals surface area contributed by atoms with Gasteiger partial charge in [-0.3, -0.25) is 0 Å². The van der Waals surface area contributed by atoms with E-state index in [1.54, 1.807) is 0 Å². The van der Waals surface area contributed by atoms with Crippen LogP contribution in [0.15, 0.2) is 51.9 Å². The zero-order valence-corrected chi connectivity index (χ0v) is 15.3. The summed E-state index contributed by atoms with van der Waals surface area (Å²) >= 11 is 4.97. The molecule has 7 heteroatoms. The summed E-state index contributed by atoms with van der Waals surface area (Å²) in [5.41, 5.74) is 7.96. The van der Waals surface area contributed by atoms with E-state index >= 15 is 0 Å². The van der Waals surface area contributed by atoms with E-state index in [2.05, 4.69) is 33.1 Å². The molecule has 0 saturated heterocycles. The SMILES string of the molecule is NC(=Nc1ccc2c(c1)OCCO2)SCc1cccc(Br)c1.[Cl-]. The minimum absolute atomic E-state index is 0. The van der Waals surface area contributed by atoms with Crippen LogP contribution in [-0.4, -0.2) is 18.4 Å². The first-order valence-electron chi connectivity index (χ1n) is 6.82. The number of thioether (sulfide) groups is 1. The van der Waals surface area contributed by atoms with E-state index in [9.17, 15) is 0 Å². The van der Waals surface area contributed by atoms with Gasteiger partial charge in [-0.05, 0) is 29.8 Å². The van der Waals surface area contributed by atoms with Crippen molar-refractivity contribution in [3.63, 3.8) is 0 Å². The molecular formula is C16H15BrClN2O2S-. The zero-order valence-electron chi connectivity index (χ0n) is 12.2. The number of benzene rings is 2. The monoisotopic (exact) mass is 413 g/mol. The fraction of sp³-hybridized carbons (Fsp3) is 0.188. The van der Waals surface area contributed by atoms with Gasteiger partial charge in [0.15, 0.2) is 16.7 Å². The molecule has 0 spiro atoms. The maximum atomic E-state index is 6.00. The molecular weight excluding hydrogens is 400 g/mol. The smallest absolute Gasteiger partial charge is 0.163 e. The predicted octanol–water partition coefficient (Wildman–Crippen LogP) is 1.10. The van der Waals surface area contributed by atoms with Crippen molar-refractivity contribution >= 4 is 38.5 Å². The molecule has 0 saturated carbocycles. The number of aliphatic imine (C=N–C) groups is 1. The van der Waals surface area contributed by atoms with Crippen molar-refractivity contribution in [3.8, 4) is 11.5 Å². The second-order valence-electron chi connectivity index (χ2n) is 4.70. The maximum Gasteiger partial charge on any atom is 0.163 e. The molecule has 2 aromatic rings. The standard InChI is InChI=1S/C16H15BrN2O2S.ClH/c17-12-3-1-2-11(8-12)10-22-16(18)19-13-4-5-14-15(9-13)21-7-6-20-14;/h1-5,8-9H,6-7,10H2,(H2,18,19);1H/p-1. The van der Waals surface area contributed by atoms with E-state index in [0.717, 1.165) is 27.4 Å². The van der Waals surface area contributed by atoms with Gasteiger partial charge in [0.1, 0.15) is 13.2 Å². The minimum atomic E-state index is 0. The highest BCUT2D eigenvalue weighted by Crippen LogP contribution is 2.34. The molecule has 23 heavy (non-hydrogen) atoms. The second kappa shape index (κ2) is 8.47. The van der Waals surface area contributed by atoms with E-state index in [-0.39, 0.29) is 12.4 Å². The number of hydrogen-bond donors (Lipinski definition) is 1. The second-order valence-corrected chi connectivity index (χ2v) is 6.61. The Morgan fingerprint density at radius 1 is 1.13 bits per heavy atom. The Labute approximate surface area is 154 Å². The molecule has 2 aromatic carbocycles. The summed E-state index contributed by atoms with van der Waals surface area (Å²) in [4.78, 5) is 4.41. The van der Waals surface area contributed by atoms with Crippen LogP contribution >= 0.6 is 27.7 Å². The quantitative estimate of drug-likeness (QED) is 0.604. The van der Waals surface area contributed by atoms with Gasteiger partial charge < -0.3 is 27.6 Å². The van der Waals surface area contributed by atoms with Crippen LogP contribution in [0.5, 0.6) is 11.5 Å². The van der Waals surface area contributed by atoms with Crippen LogP contribution in [-0.2, 0) is 5.75 Å². The number of nitrogens with two attached hydrogens (primary N) is 1. The Morgan fingerprint density at radius 2 is 1.91 bits per heavy atom. The summed E-state index contributed by atoms with van der Waals surface area (Å²) in [6.45, 7) is 1.15. The first-order valence-corrected chi connectivity index (χ1v) is 8.59. The van der Waals surface area contributed by atoms with Crippen LogP contribution in [0.1, 0.15) is 5.56 Å². The molecule has 0 fully saturated rings. The molecule has 0 aliphatic carbocycles. The van der Waals surface area contributed by atoms with Gasteiger partial charge >= 0.3 is 0 Å². The van der Waals surface area contributed by atoms with Gasteiger partial charge in [0, 0.05) is 16.3 Å². The lowest BCUT2D eigenvalue weighted by atomic mass is 10.2. The average molecular weight is 415 g/mol. The Bertz CT molecular complexity index is 712. The topological polar surface area (TPSA) is 56.8 Å². The number of fused-ring (bicyclic) bond motifs is 1. The van der Waals surface area contributed by atoms with Crippen LogP contribution in [0.2, 0.25) is 0 Å². The fourth-order valence-electron chi connectivity index (χ4n) is 2.05. The van der Waals surface area contributed by atoms with Gasteiger partial charge in [-0.2, -0.15) is 0 Å². The predicted molar refractivity (Wildman–Crippen MR) is 94.2 cm³/mol. The van der Waals surface area contributed by atoms with Gasteiger partial charge in [-0.15, -0.1) is 0 Å². The molecule has 4 nitrogen and oxygen atoms in total. The summed E-state index contributed by atoms with van der Waals surface area (Å²) in [6.07, 6.45) is 0. The van der Waals surface area contributed by atoms with Crippen molar-refractivity contribution in [1.82, 2.24) is 0 Å². The van der Waals surface area contributed by atoms with Gasteiger partial charge in [-0.1, -0.05) is 39.8 Å². The molecule has 1 heterocycles. The molecule has 2 N–H and O–H groups in total. The van der Waals surface area contributed by atoms with Crippen molar-refractivity contribution < 1.29 is 21.9 Å². The Kier molecular flexibility index (Phi) is 6.62. The summed E-state index contributed by atoms with van der Waals surface area (Å²) in [7, 11) is 0. The van der Waals surface area contributed by atoms with E-state index in [0.29, 0.717) is 18.4 Å². The zero-order chi connectivity index (χ0) is 15.4. The van der Waals surface area contributed by atoms with Crippen LogP contribution < -0.4 is 27.6 Å². The molecule has 1 aliphatic rings. The number of halogens is 2. The molecule has 122 valence electrons. The molecule has 0 unspecified atom stereocenters. The lowest BCUT2D eigenvalue weighted by Gasteiger charge is -2.18. The molecule has 0 radical (unpaired) electrons. The summed E-state index contributed by atoms with van der Waals surface area (Å²) in [5, 5.41) is 0.525. The van der Waals surface area contributed by atoms with Crippen molar-refractivity contribution in [2.45, 2.75) is 5.75 Å². The highest BCUT2D eigenvalue weighted by atomic mass is 79.9. The van der Waals surface area contributed by atoms with E-state index < -0.39 is 0 Å². The average Bonchev–Trinajstić information content (AvgIpc) is 2.53. The van der Waals surface area contributed by atoms with Gasteiger partial charge in [0.25, 0.3) is 0 Å². The molecule has 0 aromatic heterocycles. The Balaban J connectivity index is 0.00000192. The molecule has 0 bridgehead atoms. The maximum absolute atomic E-state index is 6.00. The van der Waals surface area contributed by atoms with Gasteiger partial charge in [0.2, 0.25) is 0 Å². The van der Waals surface area contributed by atoms with E-state index in [1.807, 2.05) is 30.3 Å². The van der Waals surface area contributed by atoms with Crippen LogP contribution in [0.25, 0.3) is 0 Å². The van der Waals surface area contributed by atoms with E-state index in [4.69, 9.17) is 15.2 Å². The number of amidine groups is 1. The largest absolute Gasteiger partial charge is 1.00 e. The summed E-state index contributed by atoms with van der Waals surface area (Å²) in [5.74, 6) is 2.25. The fourth-order valence-corrected chi connectivity index (χ4v) is 3.16. The first kappa shape index (κ1) is 18.0. The lowest BCUT2D eigenvalue weighted by Crippen LogP contribution is -3.00. The Morgan fingerprint density at radius 3 is 2.70 bits per heavy atom. The van der Waals surface area contributed by atoms with Crippen molar-refractivity contribution in [2.75, 3.05) is 13.2 Å². The Hall–Kier alpha value is -1.37. The molecule has 0 atom stereocenters. The first-order chi connectivity index (χ1) is 10.7. The van der Waals surface area contributed by atoms with Gasteiger partial charge in [0.05, 0.1) is 5.69 Å². The van der Waals surface area contributed by atoms with Crippen LogP contribution in [0.4, 0.5) is 5.69 Å². The highest BCUT2D eigenvalue weighted by Gasteiger charge is 2.11. The molecule has 1 aliphatic heterocycles. The third-order valence-electron chi connectivity index (χ3n) is 3.04. The number of ether oxygens (including phenoxy) is 2. The van der Waals surface area contributed by atoms with Crippen molar-refractivity contribution in [1.29, 1.82) is 0 Å². The normalized spacial score (nSPS) is 13.3. The van der Waals surface area contributed by atoms with Crippen LogP contribution in [0, 0.1) is 0 Å². The van der Waals surface area contributed by atoms with E-state index in [1.165, 1.54) is 17.3 Å². The molecule has 3 rings (SSSR count). The molecule has 0 amide bonds. The number of hydrogen-bond acceptors (Lipinski definition) is 4. The summed E-state index contributed by atoms with van der Waals surface area (Å²) < 4.78 is 12.1. The third kappa shape index (κ3) is 5.06. The highest BCUT2D eigenvalue weighted by molar-refractivity contribution is 9.10. The number of nitrogens with zero attached hydrogens (tertiary/aromatic N) is 1. The number of rotatable bonds is 3.